The van der Waals surface area contributed by atoms with Crippen molar-refractivity contribution in [1.82, 2.24) is 5.32 Å². The van der Waals surface area contributed by atoms with Crippen molar-refractivity contribution in [3.63, 3.8) is 0 Å². The molecular weight excluding hydrogens is 254 g/mol. The molecule has 4 heteroatoms. The van der Waals surface area contributed by atoms with E-state index in [1.165, 1.54) is 0 Å². The van der Waals surface area contributed by atoms with E-state index in [1.54, 1.807) is 31.2 Å². The van der Waals surface area contributed by atoms with Crippen LogP contribution >= 0.6 is 0 Å². The largest absolute Gasteiger partial charge is 0.481 e. The van der Waals surface area contributed by atoms with Gasteiger partial charge in [-0.05, 0) is 38.7 Å². The maximum absolute atomic E-state index is 12.2. The Kier molecular flexibility index (Phi) is 3.84. The summed E-state index contributed by atoms with van der Waals surface area (Å²) in [6.45, 7) is 3.61. The molecule has 0 spiro atoms. The van der Waals surface area contributed by atoms with Crippen molar-refractivity contribution >= 4 is 11.9 Å². The molecule has 4 nitrogen and oxygen atoms in total. The van der Waals surface area contributed by atoms with Crippen LogP contribution in [0.2, 0.25) is 0 Å². The van der Waals surface area contributed by atoms with Crippen molar-refractivity contribution < 1.29 is 14.7 Å². The summed E-state index contributed by atoms with van der Waals surface area (Å²) < 4.78 is 0. The van der Waals surface area contributed by atoms with E-state index in [0.717, 1.165) is 19.3 Å². The molecule has 0 aromatic heterocycles. The van der Waals surface area contributed by atoms with E-state index in [1.807, 2.05) is 13.0 Å². The minimum Gasteiger partial charge on any atom is -0.481 e. The van der Waals surface area contributed by atoms with E-state index in [0.29, 0.717) is 5.56 Å². The molecule has 2 N–H and O–H groups in total. The Labute approximate surface area is 119 Å². The molecule has 20 heavy (non-hydrogen) atoms. The Bertz CT molecular complexity index is 508. The molecule has 0 aliphatic heterocycles. The standard InChI is InChI=1S/C16H21NO3/c1-15(9-6-10-15)17-13(18)11-16(2,14(19)20)12-7-4-3-5-8-12/h3-5,7-8H,6,9-11H2,1-2H3,(H,17,18)(H,19,20). The third-order valence-electron chi connectivity index (χ3n) is 4.30. The molecule has 2 rings (SSSR count). The molecule has 0 saturated heterocycles. The number of hydrogen-bond acceptors (Lipinski definition) is 2. The molecule has 1 fully saturated rings. The highest BCUT2D eigenvalue weighted by Gasteiger charge is 2.40. The SMILES string of the molecule is CC1(NC(=O)CC(C)(C(=O)O)c2ccccc2)CCC1. The molecule has 1 amide bonds. The van der Waals surface area contributed by atoms with Crippen LogP contribution in [-0.4, -0.2) is 22.5 Å². The lowest BCUT2D eigenvalue weighted by Crippen LogP contribution is -2.52. The van der Waals surface area contributed by atoms with Crippen molar-refractivity contribution in [2.45, 2.75) is 50.5 Å². The predicted molar refractivity (Wildman–Crippen MR) is 76.4 cm³/mol. The van der Waals surface area contributed by atoms with E-state index in [2.05, 4.69) is 5.32 Å². The molecule has 1 atom stereocenters. The Morgan fingerprint density at radius 3 is 2.35 bits per heavy atom. The molecule has 108 valence electrons. The minimum atomic E-state index is -1.19. The quantitative estimate of drug-likeness (QED) is 0.867. The first-order valence-corrected chi connectivity index (χ1v) is 6.96. The van der Waals surface area contributed by atoms with Crippen molar-refractivity contribution in [1.29, 1.82) is 0 Å². The van der Waals surface area contributed by atoms with Crippen LogP contribution in [0.15, 0.2) is 30.3 Å². The van der Waals surface area contributed by atoms with Crippen LogP contribution in [0.1, 0.15) is 45.1 Å². The van der Waals surface area contributed by atoms with Crippen LogP contribution in [-0.2, 0) is 15.0 Å². The van der Waals surface area contributed by atoms with Gasteiger partial charge in [-0.2, -0.15) is 0 Å². The third-order valence-corrected chi connectivity index (χ3v) is 4.30. The number of carbonyl (C=O) groups is 2. The topological polar surface area (TPSA) is 66.4 Å². The van der Waals surface area contributed by atoms with Gasteiger partial charge in [0.15, 0.2) is 0 Å². The first kappa shape index (κ1) is 14.6. The van der Waals surface area contributed by atoms with Gasteiger partial charge in [0.05, 0.1) is 5.41 Å². The molecule has 0 radical (unpaired) electrons. The van der Waals surface area contributed by atoms with Crippen molar-refractivity contribution in [2.75, 3.05) is 0 Å². The molecule has 1 aromatic carbocycles. The van der Waals surface area contributed by atoms with E-state index in [9.17, 15) is 14.7 Å². The lowest BCUT2D eigenvalue weighted by atomic mass is 9.76. The van der Waals surface area contributed by atoms with Gasteiger partial charge in [-0.15, -0.1) is 0 Å². The Balaban J connectivity index is 2.13. The first-order chi connectivity index (χ1) is 9.36. The second-order valence-electron chi connectivity index (χ2n) is 6.14. The summed E-state index contributed by atoms with van der Waals surface area (Å²) in [6.07, 6.45) is 3.01. The molecule has 1 aromatic rings. The predicted octanol–water partition coefficient (Wildman–Crippen LogP) is 2.48. The highest BCUT2D eigenvalue weighted by atomic mass is 16.4. The van der Waals surface area contributed by atoms with Gasteiger partial charge >= 0.3 is 5.97 Å². The summed E-state index contributed by atoms with van der Waals surface area (Å²) in [5, 5.41) is 12.5. The van der Waals surface area contributed by atoms with Crippen molar-refractivity contribution in [3.8, 4) is 0 Å². The van der Waals surface area contributed by atoms with Gasteiger partial charge in [0.25, 0.3) is 0 Å². The fourth-order valence-corrected chi connectivity index (χ4v) is 2.64. The zero-order chi connectivity index (χ0) is 14.8. The van der Waals surface area contributed by atoms with Crippen LogP contribution in [0.4, 0.5) is 0 Å². The van der Waals surface area contributed by atoms with Crippen molar-refractivity contribution in [3.05, 3.63) is 35.9 Å². The van der Waals surface area contributed by atoms with Gasteiger partial charge in [0.1, 0.15) is 0 Å². The molecule has 1 unspecified atom stereocenters. The Morgan fingerprint density at radius 1 is 1.30 bits per heavy atom. The average molecular weight is 275 g/mol. The van der Waals surface area contributed by atoms with E-state index in [-0.39, 0.29) is 17.9 Å². The minimum absolute atomic E-state index is 0.0397. The second kappa shape index (κ2) is 5.27. The van der Waals surface area contributed by atoms with Gasteiger partial charge in [-0.25, -0.2) is 0 Å². The van der Waals surface area contributed by atoms with Crippen LogP contribution < -0.4 is 5.32 Å². The van der Waals surface area contributed by atoms with Crippen LogP contribution in [0.5, 0.6) is 0 Å². The normalized spacial score (nSPS) is 19.5. The Hall–Kier alpha value is -1.84. The average Bonchev–Trinajstić information content (AvgIpc) is 2.37. The summed E-state index contributed by atoms with van der Waals surface area (Å²) in [5.74, 6) is -1.17. The number of carboxylic acid groups (broad SMARTS) is 1. The molecule has 0 bridgehead atoms. The number of aliphatic carboxylic acids is 1. The zero-order valence-electron chi connectivity index (χ0n) is 12.0. The number of hydrogen-bond donors (Lipinski definition) is 2. The second-order valence-corrected chi connectivity index (χ2v) is 6.14. The third kappa shape index (κ3) is 2.84. The zero-order valence-corrected chi connectivity index (χ0v) is 12.0. The van der Waals surface area contributed by atoms with Gasteiger partial charge in [0, 0.05) is 12.0 Å². The lowest BCUT2D eigenvalue weighted by molar-refractivity contribution is -0.146. The summed E-state index contributed by atoms with van der Waals surface area (Å²) in [5.41, 5.74) is -0.681. The maximum atomic E-state index is 12.2. The first-order valence-electron chi connectivity index (χ1n) is 6.96. The Morgan fingerprint density at radius 2 is 1.90 bits per heavy atom. The van der Waals surface area contributed by atoms with Crippen molar-refractivity contribution in [2.24, 2.45) is 0 Å². The fraction of sp³-hybridized carbons (Fsp3) is 0.500. The number of carboxylic acids is 1. The monoisotopic (exact) mass is 275 g/mol. The number of carbonyl (C=O) groups excluding carboxylic acids is 1. The molecule has 1 saturated carbocycles. The van der Waals surface area contributed by atoms with Crippen LogP contribution in [0, 0.1) is 0 Å². The lowest BCUT2D eigenvalue weighted by Gasteiger charge is -2.40. The maximum Gasteiger partial charge on any atom is 0.314 e. The highest BCUT2D eigenvalue weighted by molar-refractivity contribution is 5.89. The van der Waals surface area contributed by atoms with Crippen LogP contribution in [0.3, 0.4) is 0 Å². The number of rotatable bonds is 5. The number of nitrogens with one attached hydrogen (secondary N) is 1. The number of benzene rings is 1. The van der Waals surface area contributed by atoms with Gasteiger partial charge < -0.3 is 10.4 Å². The van der Waals surface area contributed by atoms with Gasteiger partial charge in [0.2, 0.25) is 5.91 Å². The molecule has 1 aliphatic carbocycles. The molecule has 0 heterocycles. The number of amides is 1. The van der Waals surface area contributed by atoms with Crippen LogP contribution in [0.25, 0.3) is 0 Å². The molecule has 1 aliphatic rings. The summed E-state index contributed by atoms with van der Waals surface area (Å²) in [7, 11) is 0. The molecular formula is C16H21NO3. The van der Waals surface area contributed by atoms with E-state index < -0.39 is 11.4 Å². The fourth-order valence-electron chi connectivity index (χ4n) is 2.64. The smallest absolute Gasteiger partial charge is 0.314 e. The van der Waals surface area contributed by atoms with Gasteiger partial charge in [-0.3, -0.25) is 9.59 Å². The van der Waals surface area contributed by atoms with E-state index >= 15 is 0 Å². The van der Waals surface area contributed by atoms with Gasteiger partial charge in [-0.1, -0.05) is 30.3 Å². The van der Waals surface area contributed by atoms with E-state index in [4.69, 9.17) is 0 Å². The summed E-state index contributed by atoms with van der Waals surface area (Å²) in [4.78, 5) is 23.8. The highest BCUT2D eigenvalue weighted by Crippen LogP contribution is 2.33. The summed E-state index contributed by atoms with van der Waals surface area (Å²) >= 11 is 0. The summed E-state index contributed by atoms with van der Waals surface area (Å²) in [6, 6.07) is 8.93.